The molecule has 0 aliphatic carbocycles. The van der Waals surface area contributed by atoms with Gasteiger partial charge >= 0.3 is 0 Å². The first-order valence-corrected chi connectivity index (χ1v) is 24.6. The first-order valence-electron chi connectivity index (χ1n) is 24.6. The number of benzene rings is 10. The second-order valence-electron chi connectivity index (χ2n) is 19.1. The Hall–Kier alpha value is -9.32. The second-order valence-corrected chi connectivity index (χ2v) is 19.1. The van der Waals surface area contributed by atoms with Gasteiger partial charge in [-0.1, -0.05) is 169 Å². The van der Waals surface area contributed by atoms with Crippen LogP contribution in [-0.2, 0) is 0 Å². The molecule has 14 aromatic rings. The van der Waals surface area contributed by atoms with Crippen molar-refractivity contribution in [3.63, 3.8) is 0 Å². The molecule has 4 aromatic heterocycles. The summed E-state index contributed by atoms with van der Waals surface area (Å²) in [5.74, 6) is 0.645. The molecule has 0 radical (unpaired) electrons. The lowest BCUT2D eigenvalue weighted by Gasteiger charge is -2.21. The molecule has 4 heterocycles. The van der Waals surface area contributed by atoms with Gasteiger partial charge in [0.2, 0.25) is 0 Å². The van der Waals surface area contributed by atoms with Crippen LogP contribution in [0.15, 0.2) is 229 Å². The number of hydrogen-bond acceptors (Lipinski definition) is 3. The second kappa shape index (κ2) is 16.4. The van der Waals surface area contributed by atoms with E-state index in [2.05, 4.69) is 218 Å². The fourth-order valence-corrected chi connectivity index (χ4v) is 11.6. The van der Waals surface area contributed by atoms with Crippen molar-refractivity contribution in [1.29, 1.82) is 0 Å². The van der Waals surface area contributed by atoms with Gasteiger partial charge in [0.05, 0.1) is 27.8 Å². The molecule has 0 spiro atoms. The summed E-state index contributed by atoms with van der Waals surface area (Å²) in [6.45, 7) is 6.65. The molecule has 0 saturated carbocycles. The van der Waals surface area contributed by atoms with Crippen LogP contribution in [0.4, 0.5) is 0 Å². The van der Waals surface area contributed by atoms with E-state index in [0.29, 0.717) is 11.4 Å². The Morgan fingerprint density at radius 1 is 0.375 bits per heavy atom. The van der Waals surface area contributed by atoms with Gasteiger partial charge in [0, 0.05) is 54.9 Å². The molecule has 5 nitrogen and oxygen atoms in total. The third-order valence-electron chi connectivity index (χ3n) is 14.6. The van der Waals surface area contributed by atoms with E-state index in [1.807, 2.05) is 36.4 Å². The Morgan fingerprint density at radius 2 is 0.917 bits per heavy atom. The quantitative estimate of drug-likeness (QED) is 0.160. The van der Waals surface area contributed by atoms with Crippen molar-refractivity contribution < 1.29 is 4.42 Å². The SMILES string of the molecule is Cc1cc(C)c(-c2ccc3c(c2)c2ccc(-n4c5ccccc5c5ccccc54)cc2n3-c2c(-c3ccccc3)cc(-c3nc(-c4ccccc4)nc4c3oc3ccccc34)cc2-c2ccccc2)c(C)c1. The summed E-state index contributed by atoms with van der Waals surface area (Å²) in [5.41, 5.74) is 22.1. The first kappa shape index (κ1) is 41.6. The fraction of sp³-hybridized carbons (Fsp3) is 0.0448. The molecule has 0 unspecified atom stereocenters. The van der Waals surface area contributed by atoms with Crippen LogP contribution in [0.3, 0.4) is 0 Å². The molecular formula is C67H46N4O. The van der Waals surface area contributed by atoms with Gasteiger partial charge in [0.15, 0.2) is 11.4 Å². The Kier molecular flexibility index (Phi) is 9.48. The molecular weight excluding hydrogens is 877 g/mol. The van der Waals surface area contributed by atoms with E-state index in [9.17, 15) is 0 Å². The number of hydrogen-bond donors (Lipinski definition) is 0. The first-order chi connectivity index (χ1) is 35.4. The minimum Gasteiger partial charge on any atom is -0.452 e. The highest BCUT2D eigenvalue weighted by atomic mass is 16.3. The molecule has 340 valence electrons. The minimum atomic E-state index is 0.645. The van der Waals surface area contributed by atoms with E-state index in [1.54, 1.807) is 0 Å². The largest absolute Gasteiger partial charge is 0.452 e. The lowest BCUT2D eigenvalue weighted by molar-refractivity contribution is 0.667. The number of furan rings is 1. The number of para-hydroxylation sites is 3. The van der Waals surface area contributed by atoms with Crippen molar-refractivity contribution in [2.24, 2.45) is 0 Å². The molecule has 0 aliphatic rings. The Bertz CT molecular complexity index is 4330. The Morgan fingerprint density at radius 3 is 1.56 bits per heavy atom. The molecule has 0 fully saturated rings. The van der Waals surface area contributed by atoms with Gasteiger partial charge in [-0.3, -0.25) is 0 Å². The van der Waals surface area contributed by atoms with Gasteiger partial charge in [-0.05, 0) is 115 Å². The van der Waals surface area contributed by atoms with Gasteiger partial charge in [-0.2, -0.15) is 0 Å². The highest BCUT2D eigenvalue weighted by molar-refractivity contribution is 6.14. The van der Waals surface area contributed by atoms with E-state index in [-0.39, 0.29) is 0 Å². The summed E-state index contributed by atoms with van der Waals surface area (Å²) < 4.78 is 11.7. The highest BCUT2D eigenvalue weighted by Crippen LogP contribution is 2.47. The maximum Gasteiger partial charge on any atom is 0.180 e. The predicted molar refractivity (Wildman–Crippen MR) is 299 cm³/mol. The van der Waals surface area contributed by atoms with Gasteiger partial charge in [0.25, 0.3) is 0 Å². The zero-order valence-electron chi connectivity index (χ0n) is 40.1. The summed E-state index contributed by atoms with van der Waals surface area (Å²) >= 11 is 0. The average molecular weight is 923 g/mol. The number of fused-ring (bicyclic) bond motifs is 9. The molecule has 0 atom stereocenters. The van der Waals surface area contributed by atoms with Gasteiger partial charge in [-0.25, -0.2) is 9.97 Å². The van der Waals surface area contributed by atoms with Crippen LogP contribution in [0.1, 0.15) is 16.7 Å². The van der Waals surface area contributed by atoms with E-state index in [0.717, 1.165) is 78.0 Å². The van der Waals surface area contributed by atoms with Crippen molar-refractivity contribution in [2.75, 3.05) is 0 Å². The van der Waals surface area contributed by atoms with Crippen molar-refractivity contribution >= 4 is 65.7 Å². The standard InChI is InChI=1S/C67H46N4O/c1-41-35-42(2)62(43(3)36-41)47-31-34-59-56(37-47)52-33-32-49(70-57-28-16-13-25-50(57)51-26-14-17-29-58(51)70)40-60(52)71(59)65-54(44-19-7-4-8-20-44)38-48(39-55(65)45-21-9-5-10-22-45)63-66-64(53-27-15-18-30-61(53)72-66)69-67(68-63)46-23-11-6-12-24-46/h4-40H,1-3H3. The van der Waals surface area contributed by atoms with Crippen molar-refractivity contribution in [1.82, 2.24) is 19.1 Å². The summed E-state index contributed by atoms with van der Waals surface area (Å²) in [5, 5.41) is 5.78. The average Bonchev–Trinajstić information content (AvgIpc) is 4.08. The third-order valence-corrected chi connectivity index (χ3v) is 14.6. The van der Waals surface area contributed by atoms with Crippen LogP contribution in [0, 0.1) is 20.8 Å². The molecule has 0 saturated heterocycles. The Balaban J connectivity index is 1.13. The summed E-state index contributed by atoms with van der Waals surface area (Å²) in [7, 11) is 0. The maximum absolute atomic E-state index is 6.79. The summed E-state index contributed by atoms with van der Waals surface area (Å²) in [6, 6.07) is 80.9. The molecule has 14 rings (SSSR count). The fourth-order valence-electron chi connectivity index (χ4n) is 11.6. The molecule has 0 amide bonds. The minimum absolute atomic E-state index is 0.645. The van der Waals surface area contributed by atoms with Gasteiger partial charge < -0.3 is 13.6 Å². The molecule has 0 aliphatic heterocycles. The highest BCUT2D eigenvalue weighted by Gasteiger charge is 2.26. The van der Waals surface area contributed by atoms with Crippen LogP contribution < -0.4 is 0 Å². The number of aryl methyl sites for hydroxylation is 3. The van der Waals surface area contributed by atoms with E-state index in [1.165, 1.54) is 60.4 Å². The lowest BCUT2D eigenvalue weighted by Crippen LogP contribution is -2.03. The molecule has 0 bridgehead atoms. The van der Waals surface area contributed by atoms with Crippen LogP contribution in [0.5, 0.6) is 0 Å². The summed E-state index contributed by atoms with van der Waals surface area (Å²) in [6.07, 6.45) is 0. The zero-order valence-corrected chi connectivity index (χ0v) is 40.1. The summed E-state index contributed by atoms with van der Waals surface area (Å²) in [4.78, 5) is 10.6. The predicted octanol–water partition coefficient (Wildman–Crippen LogP) is 17.8. The van der Waals surface area contributed by atoms with Crippen LogP contribution in [0.25, 0.3) is 133 Å². The van der Waals surface area contributed by atoms with Crippen molar-refractivity contribution in [3.05, 3.63) is 241 Å². The molecule has 72 heavy (non-hydrogen) atoms. The van der Waals surface area contributed by atoms with Crippen LogP contribution in [0.2, 0.25) is 0 Å². The number of nitrogens with zero attached hydrogens (tertiary/aromatic N) is 4. The Labute approximate surface area is 416 Å². The van der Waals surface area contributed by atoms with E-state index < -0.39 is 0 Å². The molecule has 0 N–H and O–H groups in total. The van der Waals surface area contributed by atoms with Gasteiger partial charge in [0.1, 0.15) is 16.8 Å². The van der Waals surface area contributed by atoms with Crippen molar-refractivity contribution in [3.8, 4) is 67.4 Å². The third kappa shape index (κ3) is 6.55. The molecule has 10 aromatic carbocycles. The normalized spacial score (nSPS) is 11.8. The van der Waals surface area contributed by atoms with E-state index >= 15 is 0 Å². The topological polar surface area (TPSA) is 48.8 Å². The van der Waals surface area contributed by atoms with E-state index in [4.69, 9.17) is 14.4 Å². The van der Waals surface area contributed by atoms with Gasteiger partial charge in [-0.15, -0.1) is 0 Å². The molecule has 5 heteroatoms. The zero-order chi connectivity index (χ0) is 48.0. The van der Waals surface area contributed by atoms with Crippen LogP contribution in [-0.4, -0.2) is 19.1 Å². The maximum atomic E-state index is 6.79. The lowest BCUT2D eigenvalue weighted by atomic mass is 9.91. The van der Waals surface area contributed by atoms with Crippen molar-refractivity contribution in [2.45, 2.75) is 20.8 Å². The number of aromatic nitrogens is 4. The number of rotatable bonds is 7. The van der Waals surface area contributed by atoms with Crippen LogP contribution >= 0.6 is 0 Å². The smallest absolute Gasteiger partial charge is 0.180 e. The monoisotopic (exact) mass is 922 g/mol.